The largest absolute Gasteiger partial charge is 0.489 e. The summed E-state index contributed by atoms with van der Waals surface area (Å²) in [6.07, 6.45) is 0.989. The molecule has 1 aliphatic rings. The normalized spacial score (nSPS) is 18.7. The number of halogens is 1. The lowest BCUT2D eigenvalue weighted by Gasteiger charge is -2.09. The summed E-state index contributed by atoms with van der Waals surface area (Å²) in [6, 6.07) is 4.70. The second-order valence-electron chi connectivity index (χ2n) is 3.56. The first-order chi connectivity index (χ1) is 7.29. The molecule has 2 rings (SSSR count). The van der Waals surface area contributed by atoms with Gasteiger partial charge in [-0.15, -0.1) is 0 Å². The number of thioether (sulfide) groups is 1. The number of benzene rings is 1. The minimum absolute atomic E-state index is 0.179. The third-order valence-electron chi connectivity index (χ3n) is 2.33. The maximum Gasteiger partial charge on any atom is 0.123 e. The van der Waals surface area contributed by atoms with Gasteiger partial charge in [-0.05, 0) is 18.2 Å². The Labute approximate surface area is 93.0 Å². The minimum atomic E-state index is -0.187. The van der Waals surface area contributed by atoms with Crippen LogP contribution in [0.4, 0.5) is 4.39 Å². The average Bonchev–Trinajstić information content (AvgIpc) is 2.60. The van der Waals surface area contributed by atoms with E-state index in [0.717, 1.165) is 29.2 Å². The van der Waals surface area contributed by atoms with Gasteiger partial charge in [0.15, 0.2) is 0 Å². The average molecular weight is 227 g/mol. The molecule has 1 aromatic carbocycles. The molecule has 2 N–H and O–H groups in total. The van der Waals surface area contributed by atoms with E-state index in [1.165, 1.54) is 6.07 Å². The molecular weight excluding hydrogens is 213 g/mol. The molecule has 4 heteroatoms. The van der Waals surface area contributed by atoms with E-state index in [4.69, 9.17) is 10.5 Å². The van der Waals surface area contributed by atoms with Gasteiger partial charge in [-0.3, -0.25) is 0 Å². The van der Waals surface area contributed by atoms with Crippen LogP contribution >= 0.6 is 11.8 Å². The van der Waals surface area contributed by atoms with E-state index in [9.17, 15) is 4.39 Å². The van der Waals surface area contributed by atoms with Crippen LogP contribution in [-0.2, 0) is 6.42 Å². The molecule has 0 saturated carbocycles. The Kier molecular flexibility index (Phi) is 3.49. The second kappa shape index (κ2) is 4.86. The Morgan fingerprint density at radius 1 is 1.53 bits per heavy atom. The van der Waals surface area contributed by atoms with E-state index in [1.807, 2.05) is 0 Å². The maximum atomic E-state index is 12.9. The summed E-state index contributed by atoms with van der Waals surface area (Å²) >= 11 is 1.78. The fourth-order valence-corrected chi connectivity index (χ4v) is 2.46. The molecule has 0 fully saturated rings. The fourth-order valence-electron chi connectivity index (χ4n) is 1.68. The Morgan fingerprint density at radius 3 is 3.20 bits per heavy atom. The zero-order valence-electron chi connectivity index (χ0n) is 8.41. The van der Waals surface area contributed by atoms with Gasteiger partial charge in [0, 0.05) is 30.0 Å². The molecule has 2 nitrogen and oxygen atoms in total. The topological polar surface area (TPSA) is 35.2 Å². The van der Waals surface area contributed by atoms with Crippen molar-refractivity contribution in [3.63, 3.8) is 0 Å². The first-order valence-corrected chi connectivity index (χ1v) is 6.18. The van der Waals surface area contributed by atoms with Gasteiger partial charge in [0.1, 0.15) is 17.7 Å². The molecule has 1 heterocycles. The fraction of sp³-hybridized carbons (Fsp3) is 0.455. The highest BCUT2D eigenvalue weighted by Crippen LogP contribution is 2.30. The van der Waals surface area contributed by atoms with Gasteiger partial charge in [0.2, 0.25) is 0 Å². The number of hydrogen-bond donors (Lipinski definition) is 1. The van der Waals surface area contributed by atoms with Crippen LogP contribution in [-0.4, -0.2) is 24.2 Å². The van der Waals surface area contributed by atoms with E-state index >= 15 is 0 Å². The first-order valence-electron chi connectivity index (χ1n) is 5.02. The molecule has 1 aliphatic heterocycles. The second-order valence-corrected chi connectivity index (χ2v) is 4.71. The van der Waals surface area contributed by atoms with E-state index in [1.54, 1.807) is 23.9 Å². The third-order valence-corrected chi connectivity index (χ3v) is 3.46. The number of ether oxygens (including phenoxy) is 1. The Balaban J connectivity index is 1.91. The quantitative estimate of drug-likeness (QED) is 0.797. The van der Waals surface area contributed by atoms with Crippen molar-refractivity contribution in [1.29, 1.82) is 0 Å². The third kappa shape index (κ3) is 2.63. The van der Waals surface area contributed by atoms with Gasteiger partial charge in [-0.2, -0.15) is 11.8 Å². The Hall–Kier alpha value is -0.740. The molecule has 1 atom stereocenters. The van der Waals surface area contributed by atoms with Crippen LogP contribution in [0.15, 0.2) is 18.2 Å². The van der Waals surface area contributed by atoms with Crippen molar-refractivity contribution in [2.75, 3.05) is 18.1 Å². The van der Waals surface area contributed by atoms with Gasteiger partial charge in [0.25, 0.3) is 0 Å². The number of fused-ring (bicyclic) bond motifs is 1. The standard InChI is InChI=1S/C11H14FNOS/c12-9-1-2-11-8(5-9)6-10(14-11)7-15-4-3-13/h1-2,5,10H,3-4,6-7,13H2. The van der Waals surface area contributed by atoms with Crippen molar-refractivity contribution >= 4 is 11.8 Å². The van der Waals surface area contributed by atoms with Crippen LogP contribution in [0.2, 0.25) is 0 Å². The number of hydrogen-bond acceptors (Lipinski definition) is 3. The predicted octanol–water partition coefficient (Wildman–Crippen LogP) is 1.82. The molecular formula is C11H14FNOS. The molecule has 0 spiro atoms. The number of rotatable bonds is 4. The van der Waals surface area contributed by atoms with Gasteiger partial charge in [-0.1, -0.05) is 0 Å². The van der Waals surface area contributed by atoms with Crippen molar-refractivity contribution in [3.05, 3.63) is 29.6 Å². The SMILES string of the molecule is NCCSCC1Cc2cc(F)ccc2O1. The van der Waals surface area contributed by atoms with Crippen molar-refractivity contribution in [3.8, 4) is 5.75 Å². The summed E-state index contributed by atoms with van der Waals surface area (Å²) in [5.41, 5.74) is 6.39. The molecule has 0 bridgehead atoms. The molecule has 1 unspecified atom stereocenters. The predicted molar refractivity (Wildman–Crippen MR) is 60.9 cm³/mol. The first kappa shape index (κ1) is 10.8. The molecule has 0 radical (unpaired) electrons. The van der Waals surface area contributed by atoms with Crippen LogP contribution in [0.3, 0.4) is 0 Å². The van der Waals surface area contributed by atoms with Gasteiger partial charge >= 0.3 is 0 Å². The van der Waals surface area contributed by atoms with Crippen molar-refractivity contribution in [2.24, 2.45) is 5.73 Å². The zero-order chi connectivity index (χ0) is 10.7. The molecule has 0 aromatic heterocycles. The van der Waals surface area contributed by atoms with Crippen molar-refractivity contribution in [2.45, 2.75) is 12.5 Å². The summed E-state index contributed by atoms with van der Waals surface area (Å²) < 4.78 is 18.6. The summed E-state index contributed by atoms with van der Waals surface area (Å²) in [4.78, 5) is 0. The van der Waals surface area contributed by atoms with Gasteiger partial charge < -0.3 is 10.5 Å². The summed E-state index contributed by atoms with van der Waals surface area (Å²) in [6.45, 7) is 0.693. The zero-order valence-corrected chi connectivity index (χ0v) is 9.23. The molecule has 15 heavy (non-hydrogen) atoms. The van der Waals surface area contributed by atoms with E-state index < -0.39 is 0 Å². The molecule has 0 saturated heterocycles. The Morgan fingerprint density at radius 2 is 2.40 bits per heavy atom. The van der Waals surface area contributed by atoms with E-state index in [0.29, 0.717) is 6.54 Å². The van der Waals surface area contributed by atoms with Crippen LogP contribution < -0.4 is 10.5 Å². The number of nitrogens with two attached hydrogens (primary N) is 1. The smallest absolute Gasteiger partial charge is 0.123 e. The highest BCUT2D eigenvalue weighted by atomic mass is 32.2. The summed E-state index contributed by atoms with van der Waals surface area (Å²) in [5.74, 6) is 2.51. The van der Waals surface area contributed by atoms with E-state index in [2.05, 4.69) is 0 Å². The maximum absolute atomic E-state index is 12.9. The van der Waals surface area contributed by atoms with E-state index in [-0.39, 0.29) is 11.9 Å². The molecule has 0 amide bonds. The van der Waals surface area contributed by atoms with Crippen LogP contribution in [0, 0.1) is 5.82 Å². The van der Waals surface area contributed by atoms with Crippen LogP contribution in [0.25, 0.3) is 0 Å². The van der Waals surface area contributed by atoms with Gasteiger partial charge in [0.05, 0.1) is 0 Å². The lowest BCUT2D eigenvalue weighted by atomic mass is 10.1. The van der Waals surface area contributed by atoms with Crippen molar-refractivity contribution < 1.29 is 9.13 Å². The lowest BCUT2D eigenvalue weighted by molar-refractivity contribution is 0.259. The molecule has 1 aromatic rings. The highest BCUT2D eigenvalue weighted by molar-refractivity contribution is 7.99. The minimum Gasteiger partial charge on any atom is -0.489 e. The highest BCUT2D eigenvalue weighted by Gasteiger charge is 2.22. The summed E-state index contributed by atoms with van der Waals surface area (Å²) in [5, 5.41) is 0. The summed E-state index contributed by atoms with van der Waals surface area (Å²) in [7, 11) is 0. The van der Waals surface area contributed by atoms with Crippen LogP contribution in [0.1, 0.15) is 5.56 Å². The van der Waals surface area contributed by atoms with Crippen LogP contribution in [0.5, 0.6) is 5.75 Å². The lowest BCUT2D eigenvalue weighted by Crippen LogP contribution is -2.17. The molecule has 82 valence electrons. The van der Waals surface area contributed by atoms with Gasteiger partial charge in [-0.25, -0.2) is 4.39 Å². The molecule has 0 aliphatic carbocycles. The Bertz CT molecular complexity index is 345. The monoisotopic (exact) mass is 227 g/mol. The van der Waals surface area contributed by atoms with Crippen molar-refractivity contribution in [1.82, 2.24) is 0 Å².